The molecule has 1 amide bonds. The number of nitrogens with zero attached hydrogens (tertiary/aromatic N) is 2. The fraction of sp³-hybridized carbons (Fsp3) is 0.867. The number of aliphatic imine (C=N–C) groups is 1. The molecule has 3 fully saturated rings. The molecule has 2 atom stereocenters. The summed E-state index contributed by atoms with van der Waals surface area (Å²) < 4.78 is 23.5. The molecule has 0 aromatic rings. The lowest BCUT2D eigenvalue weighted by Gasteiger charge is -2.22. The van der Waals surface area contributed by atoms with Gasteiger partial charge in [0.05, 0.1) is 17.5 Å². The molecule has 0 spiro atoms. The Balaban J connectivity index is 1.60. The van der Waals surface area contributed by atoms with Crippen LogP contribution in [0.15, 0.2) is 4.99 Å². The van der Waals surface area contributed by atoms with Gasteiger partial charge in [-0.2, -0.15) is 4.99 Å². The zero-order chi connectivity index (χ0) is 15.7. The lowest BCUT2D eigenvalue weighted by Crippen LogP contribution is -2.37. The van der Waals surface area contributed by atoms with Gasteiger partial charge in [-0.1, -0.05) is 37.4 Å². The number of hydrogen-bond acceptors (Lipinski definition) is 4. The van der Waals surface area contributed by atoms with Crippen LogP contribution in [0.3, 0.4) is 0 Å². The van der Waals surface area contributed by atoms with Crippen LogP contribution in [0.4, 0.5) is 0 Å². The molecule has 5 nitrogen and oxygen atoms in total. The molecule has 3 rings (SSSR count). The van der Waals surface area contributed by atoms with E-state index in [0.29, 0.717) is 18.9 Å². The van der Waals surface area contributed by atoms with Crippen LogP contribution in [0.5, 0.6) is 0 Å². The summed E-state index contributed by atoms with van der Waals surface area (Å²) in [4.78, 5) is 18.4. The molecule has 2 heterocycles. The quantitative estimate of drug-likeness (QED) is 0.781. The van der Waals surface area contributed by atoms with E-state index in [0.717, 1.165) is 11.6 Å². The van der Waals surface area contributed by atoms with Gasteiger partial charge in [-0.3, -0.25) is 4.79 Å². The lowest BCUT2D eigenvalue weighted by molar-refractivity contribution is -0.118. The van der Waals surface area contributed by atoms with Crippen LogP contribution in [0, 0.1) is 5.92 Å². The molecule has 0 bridgehead atoms. The number of rotatable bonds is 4. The summed E-state index contributed by atoms with van der Waals surface area (Å²) in [5.41, 5.74) is 0. The zero-order valence-corrected chi connectivity index (χ0v) is 14.7. The molecule has 0 radical (unpaired) electrons. The van der Waals surface area contributed by atoms with Gasteiger partial charge in [-0.25, -0.2) is 8.42 Å². The van der Waals surface area contributed by atoms with Gasteiger partial charge in [0.2, 0.25) is 5.91 Å². The van der Waals surface area contributed by atoms with E-state index < -0.39 is 9.84 Å². The van der Waals surface area contributed by atoms with E-state index in [-0.39, 0.29) is 28.7 Å². The van der Waals surface area contributed by atoms with Crippen molar-refractivity contribution in [3.8, 4) is 0 Å². The molecule has 0 aromatic heterocycles. The summed E-state index contributed by atoms with van der Waals surface area (Å²) in [5, 5.41) is 0.787. The Morgan fingerprint density at radius 1 is 1.32 bits per heavy atom. The minimum Gasteiger partial charge on any atom is -0.346 e. The summed E-state index contributed by atoms with van der Waals surface area (Å²) in [7, 11) is -2.92. The Kier molecular flexibility index (Phi) is 4.83. The van der Waals surface area contributed by atoms with Gasteiger partial charge in [0.15, 0.2) is 15.0 Å². The van der Waals surface area contributed by atoms with Crippen molar-refractivity contribution >= 4 is 32.7 Å². The second-order valence-electron chi connectivity index (χ2n) is 6.56. The van der Waals surface area contributed by atoms with E-state index in [2.05, 4.69) is 4.99 Å². The maximum atomic E-state index is 12.1. The van der Waals surface area contributed by atoms with Gasteiger partial charge in [0, 0.05) is 18.2 Å². The lowest BCUT2D eigenvalue weighted by atomic mass is 10.0. The van der Waals surface area contributed by atoms with Crippen molar-refractivity contribution in [2.75, 3.05) is 18.1 Å². The van der Waals surface area contributed by atoms with E-state index in [1.807, 2.05) is 11.8 Å². The number of carbonyl (C=O) groups excluding carboxylic acids is 1. The van der Waals surface area contributed by atoms with Gasteiger partial charge in [0.25, 0.3) is 0 Å². The number of fused-ring (bicyclic) bond motifs is 1. The maximum Gasteiger partial charge on any atom is 0.248 e. The van der Waals surface area contributed by atoms with Gasteiger partial charge in [0.1, 0.15) is 0 Å². The van der Waals surface area contributed by atoms with Gasteiger partial charge in [-0.05, 0) is 19.3 Å². The Morgan fingerprint density at radius 2 is 2.05 bits per heavy atom. The molecule has 0 N–H and O–H groups in total. The van der Waals surface area contributed by atoms with Gasteiger partial charge < -0.3 is 4.90 Å². The fourth-order valence-electron chi connectivity index (χ4n) is 3.79. The van der Waals surface area contributed by atoms with Crippen LogP contribution in [0.1, 0.15) is 45.4 Å². The predicted molar refractivity (Wildman–Crippen MR) is 89.8 cm³/mol. The second-order valence-corrected chi connectivity index (χ2v) is 9.92. The Bertz CT molecular complexity index is 567. The smallest absolute Gasteiger partial charge is 0.248 e. The minimum absolute atomic E-state index is 0.00128. The second kappa shape index (κ2) is 6.51. The van der Waals surface area contributed by atoms with Crippen molar-refractivity contribution in [1.82, 2.24) is 4.90 Å². The summed E-state index contributed by atoms with van der Waals surface area (Å²) in [6.07, 6.45) is 6.58. The van der Waals surface area contributed by atoms with Crippen LogP contribution in [0.2, 0.25) is 0 Å². The topological polar surface area (TPSA) is 66.8 Å². The highest BCUT2D eigenvalue weighted by atomic mass is 32.2. The number of sulfone groups is 1. The van der Waals surface area contributed by atoms with Crippen LogP contribution in [-0.2, 0) is 14.6 Å². The number of hydrogen-bond donors (Lipinski definition) is 0. The molecule has 2 aliphatic heterocycles. The third kappa shape index (κ3) is 3.50. The summed E-state index contributed by atoms with van der Waals surface area (Å²) >= 11 is 1.48. The van der Waals surface area contributed by atoms with E-state index in [1.165, 1.54) is 37.4 Å². The fourth-order valence-corrected chi connectivity index (χ4v) is 7.83. The van der Waals surface area contributed by atoms with Crippen LogP contribution in [-0.4, -0.2) is 53.7 Å². The number of amides is 1. The van der Waals surface area contributed by atoms with Crippen LogP contribution < -0.4 is 0 Å². The average molecular weight is 345 g/mol. The van der Waals surface area contributed by atoms with Crippen molar-refractivity contribution in [3.63, 3.8) is 0 Å². The van der Waals surface area contributed by atoms with Crippen molar-refractivity contribution in [2.24, 2.45) is 10.9 Å². The molecule has 7 heteroatoms. The van der Waals surface area contributed by atoms with Crippen molar-refractivity contribution < 1.29 is 13.2 Å². The van der Waals surface area contributed by atoms with E-state index in [1.54, 1.807) is 0 Å². The molecule has 0 aromatic carbocycles. The highest BCUT2D eigenvalue weighted by Gasteiger charge is 2.48. The van der Waals surface area contributed by atoms with Gasteiger partial charge in [-0.15, -0.1) is 0 Å². The predicted octanol–water partition coefficient (Wildman–Crippen LogP) is 2.07. The first kappa shape index (κ1) is 16.3. The molecule has 1 aliphatic carbocycles. The normalized spacial score (nSPS) is 32.8. The number of carbonyl (C=O) groups is 1. The largest absolute Gasteiger partial charge is 0.346 e. The monoisotopic (exact) mass is 344 g/mol. The first-order chi connectivity index (χ1) is 10.5. The van der Waals surface area contributed by atoms with E-state index in [9.17, 15) is 13.2 Å². The molecule has 124 valence electrons. The molecule has 22 heavy (non-hydrogen) atoms. The SMILES string of the molecule is CCN1C(=NC(=O)CCC2CCCC2)S[C@H]2CS(=O)(=O)C[C@@H]21. The average Bonchev–Trinajstić information content (AvgIpc) is 3.11. The Morgan fingerprint density at radius 3 is 2.73 bits per heavy atom. The first-order valence-corrected chi connectivity index (χ1v) is 10.9. The molecule has 2 saturated heterocycles. The third-order valence-electron chi connectivity index (χ3n) is 4.98. The molecular weight excluding hydrogens is 320 g/mol. The maximum absolute atomic E-state index is 12.1. The summed E-state index contributed by atoms with van der Waals surface area (Å²) in [6.45, 7) is 2.70. The molecule has 1 saturated carbocycles. The highest BCUT2D eigenvalue weighted by Crippen LogP contribution is 2.38. The standard InChI is InChI=1S/C15H24N2O3S2/c1-2-17-12-9-22(19,20)10-13(12)21-15(17)16-14(18)8-7-11-5-3-4-6-11/h11-13H,2-10H2,1H3/t12-,13-/m0/s1. The first-order valence-electron chi connectivity index (χ1n) is 8.24. The zero-order valence-electron chi connectivity index (χ0n) is 13.0. The van der Waals surface area contributed by atoms with Crippen molar-refractivity contribution in [3.05, 3.63) is 0 Å². The molecular formula is C15H24N2O3S2. The number of thioether (sulfide) groups is 1. The molecule has 0 unspecified atom stereocenters. The Hall–Kier alpha value is -0.560. The molecule has 3 aliphatic rings. The van der Waals surface area contributed by atoms with E-state index >= 15 is 0 Å². The van der Waals surface area contributed by atoms with Crippen molar-refractivity contribution in [1.29, 1.82) is 0 Å². The Labute approximate surface area is 136 Å². The summed E-state index contributed by atoms with van der Waals surface area (Å²) in [5.74, 6) is 1.07. The van der Waals surface area contributed by atoms with Crippen molar-refractivity contribution in [2.45, 2.75) is 56.7 Å². The highest BCUT2D eigenvalue weighted by molar-refractivity contribution is 8.15. The van der Waals surface area contributed by atoms with Gasteiger partial charge >= 0.3 is 0 Å². The third-order valence-corrected chi connectivity index (χ3v) is 8.22. The minimum atomic E-state index is -2.92. The summed E-state index contributed by atoms with van der Waals surface area (Å²) in [6, 6.07) is 0.00128. The van der Waals surface area contributed by atoms with Crippen LogP contribution in [0.25, 0.3) is 0 Å². The van der Waals surface area contributed by atoms with E-state index in [4.69, 9.17) is 0 Å². The van der Waals surface area contributed by atoms with Crippen LogP contribution >= 0.6 is 11.8 Å². The number of amidine groups is 1.